The van der Waals surface area contributed by atoms with E-state index < -0.39 is 0 Å². The van der Waals surface area contributed by atoms with Crippen LogP contribution in [0, 0.1) is 0 Å². The average Bonchev–Trinajstić information content (AvgIpc) is 3.09. The highest BCUT2D eigenvalue weighted by molar-refractivity contribution is 6.30. The Hall–Kier alpha value is -1.46. The number of hydrogen-bond donors (Lipinski definition) is 0. The van der Waals surface area contributed by atoms with Crippen LogP contribution < -0.4 is 9.64 Å². The van der Waals surface area contributed by atoms with Gasteiger partial charge in [-0.15, -0.1) is 0 Å². The van der Waals surface area contributed by atoms with Gasteiger partial charge in [0.05, 0.1) is 12.8 Å². The van der Waals surface area contributed by atoms with Crippen LogP contribution in [0.3, 0.4) is 0 Å². The largest absolute Gasteiger partial charge is 0.495 e. The molecule has 2 saturated heterocycles. The van der Waals surface area contributed by atoms with Crippen LogP contribution in [0.1, 0.15) is 12.8 Å². The molecule has 1 aromatic rings. The van der Waals surface area contributed by atoms with Gasteiger partial charge in [-0.2, -0.15) is 0 Å². The van der Waals surface area contributed by atoms with Gasteiger partial charge in [0.2, 0.25) is 0 Å². The summed E-state index contributed by atoms with van der Waals surface area (Å²) < 4.78 is 10.9. The summed E-state index contributed by atoms with van der Waals surface area (Å²) in [5.41, 5.74) is 0.985. The number of piperazine rings is 1. The van der Waals surface area contributed by atoms with Crippen molar-refractivity contribution in [1.82, 2.24) is 4.90 Å². The van der Waals surface area contributed by atoms with E-state index in [0.717, 1.165) is 37.4 Å². The second-order valence-electron chi connectivity index (χ2n) is 5.63. The van der Waals surface area contributed by atoms with Crippen molar-refractivity contribution in [2.24, 2.45) is 0 Å². The van der Waals surface area contributed by atoms with Crippen molar-refractivity contribution in [2.45, 2.75) is 18.9 Å². The third-order valence-corrected chi connectivity index (χ3v) is 4.51. The van der Waals surface area contributed by atoms with E-state index in [4.69, 9.17) is 21.1 Å². The normalized spacial score (nSPS) is 22.0. The number of hydrogen-bond acceptors (Lipinski definition) is 4. The second-order valence-corrected chi connectivity index (χ2v) is 6.07. The number of benzene rings is 1. The van der Waals surface area contributed by atoms with Crippen molar-refractivity contribution < 1.29 is 14.3 Å². The Balaban J connectivity index is 1.64. The predicted molar refractivity (Wildman–Crippen MR) is 85.8 cm³/mol. The zero-order valence-corrected chi connectivity index (χ0v) is 13.5. The number of halogens is 1. The highest BCUT2D eigenvalue weighted by atomic mass is 35.5. The minimum atomic E-state index is -0.229. The van der Waals surface area contributed by atoms with Gasteiger partial charge >= 0.3 is 0 Å². The number of nitrogens with zero attached hydrogens (tertiary/aromatic N) is 2. The lowest BCUT2D eigenvalue weighted by Gasteiger charge is -2.37. The average molecular weight is 325 g/mol. The molecule has 5 nitrogen and oxygen atoms in total. The minimum absolute atomic E-state index is 0.134. The lowest BCUT2D eigenvalue weighted by molar-refractivity contribution is -0.141. The Morgan fingerprint density at radius 2 is 2.09 bits per heavy atom. The van der Waals surface area contributed by atoms with E-state index in [1.165, 1.54) is 0 Å². The maximum atomic E-state index is 12.4. The zero-order valence-electron chi connectivity index (χ0n) is 12.8. The van der Waals surface area contributed by atoms with Crippen LogP contribution in [0.25, 0.3) is 0 Å². The Morgan fingerprint density at radius 3 is 2.73 bits per heavy atom. The molecule has 1 aromatic carbocycles. The first-order valence-electron chi connectivity index (χ1n) is 7.68. The SMILES string of the molecule is COc1ccc(Cl)cc1N1CCN(C(=O)C2CCCO2)CC1. The van der Waals surface area contributed by atoms with Crippen LogP contribution in [0.4, 0.5) is 5.69 Å². The van der Waals surface area contributed by atoms with Gasteiger partial charge in [0, 0.05) is 37.8 Å². The maximum Gasteiger partial charge on any atom is 0.251 e. The number of methoxy groups -OCH3 is 1. The highest BCUT2D eigenvalue weighted by Gasteiger charge is 2.30. The number of carbonyl (C=O) groups is 1. The molecular weight excluding hydrogens is 304 g/mol. The molecule has 1 amide bonds. The van der Waals surface area contributed by atoms with E-state index in [2.05, 4.69) is 4.90 Å². The van der Waals surface area contributed by atoms with E-state index in [1.54, 1.807) is 7.11 Å². The predicted octanol–water partition coefficient (Wildman–Crippen LogP) is 2.18. The van der Waals surface area contributed by atoms with Crippen LogP contribution in [0.5, 0.6) is 5.75 Å². The zero-order chi connectivity index (χ0) is 15.5. The fraction of sp³-hybridized carbons (Fsp3) is 0.562. The molecule has 3 rings (SSSR count). The van der Waals surface area contributed by atoms with Crippen LogP contribution in [-0.2, 0) is 9.53 Å². The molecule has 2 fully saturated rings. The monoisotopic (exact) mass is 324 g/mol. The van der Waals surface area contributed by atoms with Gasteiger partial charge in [0.15, 0.2) is 0 Å². The number of anilines is 1. The molecule has 0 spiro atoms. The minimum Gasteiger partial charge on any atom is -0.495 e. The van der Waals surface area contributed by atoms with Gasteiger partial charge in [-0.1, -0.05) is 11.6 Å². The Bertz CT molecular complexity index is 538. The van der Waals surface area contributed by atoms with Crippen molar-refractivity contribution >= 4 is 23.2 Å². The summed E-state index contributed by atoms with van der Waals surface area (Å²) in [6, 6.07) is 5.61. The molecular formula is C16H21ClN2O3. The fourth-order valence-corrected chi connectivity index (χ4v) is 3.22. The Labute approximate surface area is 135 Å². The van der Waals surface area contributed by atoms with E-state index in [0.29, 0.717) is 24.7 Å². The first kappa shape index (κ1) is 15.4. The molecule has 2 heterocycles. The number of ether oxygens (including phenoxy) is 2. The highest BCUT2D eigenvalue weighted by Crippen LogP contribution is 2.32. The van der Waals surface area contributed by atoms with Gasteiger partial charge < -0.3 is 19.3 Å². The summed E-state index contributed by atoms with van der Waals surface area (Å²) >= 11 is 6.09. The maximum absolute atomic E-state index is 12.4. The molecule has 0 saturated carbocycles. The molecule has 22 heavy (non-hydrogen) atoms. The van der Waals surface area contributed by atoms with Gasteiger partial charge in [-0.25, -0.2) is 0 Å². The first-order chi connectivity index (χ1) is 10.7. The molecule has 0 bridgehead atoms. The van der Waals surface area contributed by atoms with Crippen LogP contribution in [-0.4, -0.2) is 56.8 Å². The van der Waals surface area contributed by atoms with Gasteiger partial charge in [0.1, 0.15) is 11.9 Å². The van der Waals surface area contributed by atoms with Crippen molar-refractivity contribution in [3.05, 3.63) is 23.2 Å². The first-order valence-corrected chi connectivity index (χ1v) is 8.05. The van der Waals surface area contributed by atoms with Crippen LogP contribution >= 0.6 is 11.6 Å². The summed E-state index contributed by atoms with van der Waals surface area (Å²) in [6.45, 7) is 3.66. The van der Waals surface area contributed by atoms with E-state index in [1.807, 2.05) is 23.1 Å². The summed E-state index contributed by atoms with van der Waals surface area (Å²) in [7, 11) is 1.66. The molecule has 0 radical (unpaired) electrons. The molecule has 120 valence electrons. The number of carbonyl (C=O) groups excluding carboxylic acids is 1. The van der Waals surface area contributed by atoms with Crippen molar-refractivity contribution in [3.8, 4) is 5.75 Å². The molecule has 0 N–H and O–H groups in total. The van der Waals surface area contributed by atoms with Crippen molar-refractivity contribution in [1.29, 1.82) is 0 Å². The number of amides is 1. The number of rotatable bonds is 3. The fourth-order valence-electron chi connectivity index (χ4n) is 3.05. The molecule has 0 aromatic heterocycles. The molecule has 2 aliphatic rings. The van der Waals surface area contributed by atoms with Crippen LogP contribution in [0.2, 0.25) is 5.02 Å². The lowest BCUT2D eigenvalue weighted by atomic mass is 10.2. The summed E-state index contributed by atoms with van der Waals surface area (Å²) in [6.07, 6.45) is 1.60. The topological polar surface area (TPSA) is 42.0 Å². The summed E-state index contributed by atoms with van der Waals surface area (Å²) in [5, 5.41) is 0.689. The Kier molecular flexibility index (Phi) is 4.74. The molecule has 2 aliphatic heterocycles. The third-order valence-electron chi connectivity index (χ3n) is 4.28. The Morgan fingerprint density at radius 1 is 1.32 bits per heavy atom. The van der Waals surface area contributed by atoms with Crippen molar-refractivity contribution in [2.75, 3.05) is 44.8 Å². The van der Waals surface area contributed by atoms with Gasteiger partial charge in [-0.3, -0.25) is 4.79 Å². The molecule has 6 heteroatoms. The lowest BCUT2D eigenvalue weighted by Crippen LogP contribution is -2.51. The third kappa shape index (κ3) is 3.15. The molecule has 0 aliphatic carbocycles. The summed E-state index contributed by atoms with van der Waals surface area (Å²) in [4.78, 5) is 16.5. The molecule has 1 atom stereocenters. The van der Waals surface area contributed by atoms with E-state index in [9.17, 15) is 4.79 Å². The quantitative estimate of drug-likeness (QED) is 0.854. The molecule has 1 unspecified atom stereocenters. The van der Waals surface area contributed by atoms with Crippen LogP contribution in [0.15, 0.2) is 18.2 Å². The van der Waals surface area contributed by atoms with Gasteiger partial charge in [-0.05, 0) is 31.0 Å². The second kappa shape index (κ2) is 6.75. The standard InChI is InChI=1S/C16H21ClN2O3/c1-21-14-5-4-12(17)11-13(14)18-6-8-19(9-7-18)16(20)15-3-2-10-22-15/h4-5,11,15H,2-3,6-10H2,1H3. The van der Waals surface area contributed by atoms with Crippen molar-refractivity contribution in [3.63, 3.8) is 0 Å². The van der Waals surface area contributed by atoms with E-state index >= 15 is 0 Å². The van der Waals surface area contributed by atoms with E-state index in [-0.39, 0.29) is 12.0 Å². The summed E-state index contributed by atoms with van der Waals surface area (Å²) in [5.74, 6) is 0.943. The van der Waals surface area contributed by atoms with Gasteiger partial charge in [0.25, 0.3) is 5.91 Å². The smallest absolute Gasteiger partial charge is 0.251 e.